The molecule has 1 aromatic rings. The maximum atomic E-state index is 6.20. The van der Waals surface area contributed by atoms with Crippen LogP contribution < -0.4 is 10.5 Å². The van der Waals surface area contributed by atoms with Gasteiger partial charge in [0.1, 0.15) is 5.75 Å². The van der Waals surface area contributed by atoms with E-state index in [0.29, 0.717) is 6.10 Å². The number of hydrogen-bond acceptors (Lipinski definition) is 3. The lowest BCUT2D eigenvalue weighted by molar-refractivity contribution is 0.0404. The van der Waals surface area contributed by atoms with Gasteiger partial charge in [0.2, 0.25) is 0 Å². The summed E-state index contributed by atoms with van der Waals surface area (Å²) in [6.07, 6.45) is 3.60. The molecule has 0 saturated carbocycles. The van der Waals surface area contributed by atoms with Crippen molar-refractivity contribution in [3.8, 4) is 5.75 Å². The first-order valence-electron chi connectivity index (χ1n) is 6.23. The second kappa shape index (κ2) is 5.52. The number of hydrogen-bond donors (Lipinski definition) is 1. The van der Waals surface area contributed by atoms with Gasteiger partial charge in [0, 0.05) is 6.04 Å². The summed E-state index contributed by atoms with van der Waals surface area (Å²) < 4.78 is 11.0. The zero-order valence-electron chi connectivity index (χ0n) is 10.6. The predicted octanol–water partition coefficient (Wildman–Crippen LogP) is 2.13. The van der Waals surface area contributed by atoms with Gasteiger partial charge in [-0.05, 0) is 43.9 Å². The van der Waals surface area contributed by atoms with Gasteiger partial charge in [-0.15, -0.1) is 0 Å². The summed E-state index contributed by atoms with van der Waals surface area (Å²) in [5.74, 6) is 0.885. The fraction of sp³-hybridized carbons (Fsp3) is 0.571. The highest BCUT2D eigenvalue weighted by molar-refractivity contribution is 5.29. The Hall–Kier alpha value is -1.06. The molecule has 0 aliphatic carbocycles. The van der Waals surface area contributed by atoms with Gasteiger partial charge >= 0.3 is 0 Å². The molecule has 0 radical (unpaired) electrons. The van der Waals surface area contributed by atoms with E-state index in [4.69, 9.17) is 15.2 Å². The number of nitrogens with two attached hydrogens (primary N) is 1. The van der Waals surface area contributed by atoms with Gasteiger partial charge < -0.3 is 15.2 Å². The fourth-order valence-corrected chi connectivity index (χ4v) is 2.35. The molecule has 1 saturated heterocycles. The third kappa shape index (κ3) is 3.20. The van der Waals surface area contributed by atoms with Gasteiger partial charge in [-0.1, -0.05) is 12.1 Å². The molecule has 94 valence electrons. The minimum absolute atomic E-state index is 0.0760. The standard InChI is InChI=1S/C14H21NO2/c1-10-6-7-14(17-10)13(15)9-11-4-3-5-12(8-11)16-2/h3-5,8,10,13-14H,6-7,9,15H2,1-2H3. The van der Waals surface area contributed by atoms with Gasteiger partial charge in [-0.2, -0.15) is 0 Å². The maximum absolute atomic E-state index is 6.20. The summed E-state index contributed by atoms with van der Waals surface area (Å²) in [6, 6.07) is 8.15. The third-order valence-electron chi connectivity index (χ3n) is 3.35. The van der Waals surface area contributed by atoms with Crippen LogP contribution in [0.4, 0.5) is 0 Å². The summed E-state index contributed by atoms with van der Waals surface area (Å²) in [7, 11) is 1.68. The molecule has 2 rings (SSSR count). The van der Waals surface area contributed by atoms with Crippen molar-refractivity contribution in [2.75, 3.05) is 7.11 Å². The Labute approximate surface area is 103 Å². The highest BCUT2D eigenvalue weighted by Crippen LogP contribution is 2.23. The molecule has 1 heterocycles. The molecule has 0 amide bonds. The first-order valence-corrected chi connectivity index (χ1v) is 6.23. The highest BCUT2D eigenvalue weighted by atomic mass is 16.5. The minimum Gasteiger partial charge on any atom is -0.497 e. The number of ether oxygens (including phenoxy) is 2. The first kappa shape index (κ1) is 12.4. The lowest BCUT2D eigenvalue weighted by atomic mass is 10.00. The molecule has 3 heteroatoms. The van der Waals surface area contributed by atoms with Crippen LogP contribution in [0.25, 0.3) is 0 Å². The van der Waals surface area contributed by atoms with E-state index in [2.05, 4.69) is 13.0 Å². The molecule has 17 heavy (non-hydrogen) atoms. The molecular formula is C14H21NO2. The van der Waals surface area contributed by atoms with Crippen molar-refractivity contribution in [1.82, 2.24) is 0 Å². The normalized spacial score (nSPS) is 25.8. The van der Waals surface area contributed by atoms with Gasteiger partial charge in [0.25, 0.3) is 0 Å². The van der Waals surface area contributed by atoms with Crippen molar-refractivity contribution in [2.45, 2.75) is 44.4 Å². The highest BCUT2D eigenvalue weighted by Gasteiger charge is 2.27. The number of benzene rings is 1. The van der Waals surface area contributed by atoms with Crippen LogP contribution in [0, 0.1) is 0 Å². The van der Waals surface area contributed by atoms with Crippen molar-refractivity contribution >= 4 is 0 Å². The summed E-state index contributed by atoms with van der Waals surface area (Å²) >= 11 is 0. The Kier molecular flexibility index (Phi) is 4.02. The van der Waals surface area contributed by atoms with Crippen LogP contribution in [0.3, 0.4) is 0 Å². The topological polar surface area (TPSA) is 44.5 Å². The van der Waals surface area contributed by atoms with E-state index in [1.807, 2.05) is 18.2 Å². The summed E-state index contributed by atoms with van der Waals surface area (Å²) in [6.45, 7) is 2.11. The predicted molar refractivity (Wildman–Crippen MR) is 68.2 cm³/mol. The lowest BCUT2D eigenvalue weighted by Crippen LogP contribution is -2.36. The molecule has 1 aliphatic heterocycles. The second-order valence-electron chi connectivity index (χ2n) is 4.78. The van der Waals surface area contributed by atoms with Crippen LogP contribution in [0.15, 0.2) is 24.3 Å². The zero-order chi connectivity index (χ0) is 12.3. The molecule has 2 N–H and O–H groups in total. The molecule has 3 unspecified atom stereocenters. The van der Waals surface area contributed by atoms with E-state index in [0.717, 1.165) is 25.0 Å². The zero-order valence-corrected chi connectivity index (χ0v) is 10.6. The largest absolute Gasteiger partial charge is 0.497 e. The van der Waals surface area contributed by atoms with Crippen molar-refractivity contribution in [2.24, 2.45) is 5.73 Å². The summed E-state index contributed by atoms with van der Waals surface area (Å²) in [4.78, 5) is 0. The van der Waals surface area contributed by atoms with Crippen LogP contribution in [0.5, 0.6) is 5.75 Å². The van der Waals surface area contributed by atoms with E-state index >= 15 is 0 Å². The summed E-state index contributed by atoms with van der Waals surface area (Å²) in [5.41, 5.74) is 7.41. The fourth-order valence-electron chi connectivity index (χ4n) is 2.35. The Morgan fingerprint density at radius 2 is 2.29 bits per heavy atom. The van der Waals surface area contributed by atoms with Crippen LogP contribution in [0.2, 0.25) is 0 Å². The van der Waals surface area contributed by atoms with Gasteiger partial charge in [-0.25, -0.2) is 0 Å². The van der Waals surface area contributed by atoms with E-state index in [1.54, 1.807) is 7.11 Å². The number of methoxy groups -OCH3 is 1. The van der Waals surface area contributed by atoms with Gasteiger partial charge in [0.05, 0.1) is 19.3 Å². The van der Waals surface area contributed by atoms with Gasteiger partial charge in [-0.3, -0.25) is 0 Å². The number of rotatable bonds is 4. The Balaban J connectivity index is 1.95. The SMILES string of the molecule is COc1cccc(CC(N)C2CCC(C)O2)c1. The van der Waals surface area contributed by atoms with E-state index < -0.39 is 0 Å². The van der Waals surface area contributed by atoms with Crippen LogP contribution >= 0.6 is 0 Å². The third-order valence-corrected chi connectivity index (χ3v) is 3.35. The molecule has 3 nitrogen and oxygen atoms in total. The van der Waals surface area contributed by atoms with Crippen LogP contribution in [0.1, 0.15) is 25.3 Å². The Morgan fingerprint density at radius 3 is 2.94 bits per heavy atom. The molecule has 1 aliphatic rings. The monoisotopic (exact) mass is 235 g/mol. The van der Waals surface area contributed by atoms with Crippen molar-refractivity contribution in [3.63, 3.8) is 0 Å². The molecule has 1 fully saturated rings. The summed E-state index contributed by atoms with van der Waals surface area (Å²) in [5, 5.41) is 0. The minimum atomic E-state index is 0.0760. The second-order valence-corrected chi connectivity index (χ2v) is 4.78. The molecule has 0 bridgehead atoms. The smallest absolute Gasteiger partial charge is 0.119 e. The quantitative estimate of drug-likeness (QED) is 0.869. The molecule has 3 atom stereocenters. The average Bonchev–Trinajstić information content (AvgIpc) is 2.76. The lowest BCUT2D eigenvalue weighted by Gasteiger charge is -2.19. The molecule has 0 aromatic heterocycles. The maximum Gasteiger partial charge on any atom is 0.119 e. The van der Waals surface area contributed by atoms with Crippen molar-refractivity contribution in [1.29, 1.82) is 0 Å². The van der Waals surface area contributed by atoms with Crippen LogP contribution in [-0.4, -0.2) is 25.4 Å². The van der Waals surface area contributed by atoms with Gasteiger partial charge in [0.15, 0.2) is 0 Å². The molecular weight excluding hydrogens is 214 g/mol. The van der Waals surface area contributed by atoms with E-state index in [9.17, 15) is 0 Å². The van der Waals surface area contributed by atoms with E-state index in [-0.39, 0.29) is 12.1 Å². The van der Waals surface area contributed by atoms with Crippen molar-refractivity contribution in [3.05, 3.63) is 29.8 Å². The van der Waals surface area contributed by atoms with Crippen LogP contribution in [-0.2, 0) is 11.2 Å². The van der Waals surface area contributed by atoms with Crippen molar-refractivity contribution < 1.29 is 9.47 Å². The molecule has 1 aromatic carbocycles. The van der Waals surface area contributed by atoms with E-state index in [1.165, 1.54) is 5.56 Å². The average molecular weight is 235 g/mol. The Bertz CT molecular complexity index is 367. The Morgan fingerprint density at radius 1 is 1.47 bits per heavy atom. The molecule has 0 spiro atoms. The first-order chi connectivity index (χ1) is 8.19.